The second kappa shape index (κ2) is 12.6. The molecule has 33 heavy (non-hydrogen) atoms. The number of aryl methyl sites for hydroxylation is 1. The number of benzene rings is 1. The maximum Gasteiger partial charge on any atom is 0.246 e. The highest BCUT2D eigenvalue weighted by molar-refractivity contribution is 7.89. The summed E-state index contributed by atoms with van der Waals surface area (Å²) >= 11 is 0. The Bertz CT molecular complexity index is 997. The fourth-order valence-corrected chi connectivity index (χ4v) is 5.53. The van der Waals surface area contributed by atoms with Crippen LogP contribution in [0.3, 0.4) is 0 Å². The minimum absolute atomic E-state index is 0.0627. The van der Waals surface area contributed by atoms with Crippen LogP contribution in [0, 0.1) is 13.8 Å². The summed E-state index contributed by atoms with van der Waals surface area (Å²) in [6.07, 6.45) is 1.46. The second-order valence-corrected chi connectivity index (χ2v) is 9.54. The SMILES string of the molecule is CCCN(CCC)S(=O)(=O)c1c(C)nn(CC(=O)NCCOc2ccc(OCC)cc2)c1C. The molecule has 184 valence electrons. The van der Waals surface area contributed by atoms with Gasteiger partial charge in [-0.05, 0) is 57.9 Å². The van der Waals surface area contributed by atoms with E-state index in [0.717, 1.165) is 18.6 Å². The van der Waals surface area contributed by atoms with Crippen molar-refractivity contribution < 1.29 is 22.7 Å². The third-order valence-electron chi connectivity index (χ3n) is 4.98. The Balaban J connectivity index is 1.94. The number of rotatable bonds is 14. The van der Waals surface area contributed by atoms with Gasteiger partial charge in [0, 0.05) is 13.1 Å². The van der Waals surface area contributed by atoms with Crippen LogP contribution in [0.5, 0.6) is 11.5 Å². The van der Waals surface area contributed by atoms with Crippen LogP contribution in [0.15, 0.2) is 29.2 Å². The largest absolute Gasteiger partial charge is 0.494 e. The normalized spacial score (nSPS) is 11.6. The number of aromatic nitrogens is 2. The Morgan fingerprint density at radius 3 is 2.15 bits per heavy atom. The first-order valence-corrected chi connectivity index (χ1v) is 12.8. The van der Waals surface area contributed by atoms with Crippen molar-refractivity contribution in [2.24, 2.45) is 0 Å². The highest BCUT2D eigenvalue weighted by Gasteiger charge is 2.30. The minimum atomic E-state index is -3.67. The van der Waals surface area contributed by atoms with Gasteiger partial charge in [0.25, 0.3) is 0 Å². The number of carbonyl (C=O) groups is 1. The number of nitrogens with zero attached hydrogens (tertiary/aromatic N) is 3. The number of amides is 1. The summed E-state index contributed by atoms with van der Waals surface area (Å²) in [5.74, 6) is 1.19. The monoisotopic (exact) mass is 480 g/mol. The van der Waals surface area contributed by atoms with E-state index < -0.39 is 10.0 Å². The van der Waals surface area contributed by atoms with Gasteiger partial charge in [-0.1, -0.05) is 13.8 Å². The summed E-state index contributed by atoms with van der Waals surface area (Å²) < 4.78 is 40.4. The van der Waals surface area contributed by atoms with E-state index in [-0.39, 0.29) is 17.3 Å². The van der Waals surface area contributed by atoms with Crippen LogP contribution in [0.1, 0.15) is 45.0 Å². The smallest absolute Gasteiger partial charge is 0.246 e. The summed E-state index contributed by atoms with van der Waals surface area (Å²) in [5.41, 5.74) is 0.863. The Kier molecular flexibility index (Phi) is 10.2. The molecule has 1 aromatic carbocycles. The average molecular weight is 481 g/mol. The fraction of sp³-hybridized carbons (Fsp3) is 0.565. The Labute approximate surface area is 197 Å². The molecule has 0 atom stereocenters. The first-order valence-electron chi connectivity index (χ1n) is 11.4. The highest BCUT2D eigenvalue weighted by atomic mass is 32.2. The predicted molar refractivity (Wildman–Crippen MR) is 127 cm³/mol. The van der Waals surface area contributed by atoms with Crippen LogP contribution in [0.25, 0.3) is 0 Å². The van der Waals surface area contributed by atoms with Gasteiger partial charge in [0.1, 0.15) is 29.5 Å². The summed E-state index contributed by atoms with van der Waals surface area (Å²) in [6, 6.07) is 7.28. The first kappa shape index (κ1) is 26.7. The summed E-state index contributed by atoms with van der Waals surface area (Å²) in [4.78, 5) is 12.6. The van der Waals surface area contributed by atoms with Crippen LogP contribution in [0.4, 0.5) is 0 Å². The van der Waals surface area contributed by atoms with E-state index >= 15 is 0 Å². The fourth-order valence-electron chi connectivity index (χ4n) is 3.54. The van der Waals surface area contributed by atoms with Crippen LogP contribution in [-0.2, 0) is 21.4 Å². The van der Waals surface area contributed by atoms with Gasteiger partial charge in [0.05, 0.1) is 24.5 Å². The molecule has 0 fully saturated rings. The zero-order valence-electron chi connectivity index (χ0n) is 20.3. The molecule has 0 bridgehead atoms. The Morgan fingerprint density at radius 2 is 1.61 bits per heavy atom. The Hall–Kier alpha value is -2.59. The van der Waals surface area contributed by atoms with Gasteiger partial charge in [-0.3, -0.25) is 9.48 Å². The lowest BCUT2D eigenvalue weighted by Crippen LogP contribution is -2.33. The van der Waals surface area contributed by atoms with E-state index in [1.165, 1.54) is 8.99 Å². The van der Waals surface area contributed by atoms with Crippen LogP contribution >= 0.6 is 0 Å². The maximum absolute atomic E-state index is 13.2. The number of sulfonamides is 1. The summed E-state index contributed by atoms with van der Waals surface area (Å²) in [5, 5.41) is 7.11. The average Bonchev–Trinajstić information content (AvgIpc) is 3.05. The van der Waals surface area contributed by atoms with Crippen molar-refractivity contribution in [3.05, 3.63) is 35.7 Å². The lowest BCUT2D eigenvalue weighted by molar-refractivity contribution is -0.122. The number of ether oxygens (including phenoxy) is 2. The van der Waals surface area contributed by atoms with E-state index in [2.05, 4.69) is 10.4 Å². The van der Waals surface area contributed by atoms with Gasteiger partial charge in [-0.15, -0.1) is 0 Å². The van der Waals surface area contributed by atoms with Crippen LogP contribution in [-0.4, -0.2) is 61.3 Å². The molecule has 10 heteroatoms. The van der Waals surface area contributed by atoms with E-state index in [1.54, 1.807) is 13.8 Å². The first-order chi connectivity index (χ1) is 15.7. The lowest BCUT2D eigenvalue weighted by Gasteiger charge is -2.21. The van der Waals surface area contributed by atoms with Gasteiger partial charge < -0.3 is 14.8 Å². The van der Waals surface area contributed by atoms with E-state index in [4.69, 9.17) is 9.47 Å². The highest BCUT2D eigenvalue weighted by Crippen LogP contribution is 2.24. The molecule has 2 rings (SSSR count). The molecular weight excluding hydrogens is 444 g/mol. The van der Waals surface area contributed by atoms with Gasteiger partial charge in [0.2, 0.25) is 15.9 Å². The predicted octanol–water partition coefficient (Wildman–Crippen LogP) is 2.90. The third-order valence-corrected chi connectivity index (χ3v) is 7.13. The zero-order chi connectivity index (χ0) is 24.4. The molecule has 0 aliphatic rings. The number of nitrogens with one attached hydrogen (secondary N) is 1. The molecule has 1 heterocycles. The molecule has 0 spiro atoms. The van der Waals surface area contributed by atoms with Crippen molar-refractivity contribution in [1.82, 2.24) is 19.4 Å². The molecular formula is C23H36N4O5S. The molecule has 1 aromatic heterocycles. The topological polar surface area (TPSA) is 103 Å². The minimum Gasteiger partial charge on any atom is -0.494 e. The standard InChI is InChI=1S/C23H36N4O5S/c1-6-14-26(15-7-2)33(29,30)23-18(4)25-27(19(23)5)17-22(28)24-13-16-32-21-11-9-20(10-12-21)31-8-3/h9-12H,6-8,13-17H2,1-5H3,(H,24,28). The van der Waals surface area contributed by atoms with E-state index in [0.29, 0.717) is 50.0 Å². The third kappa shape index (κ3) is 7.20. The maximum atomic E-state index is 13.2. The molecule has 0 aliphatic heterocycles. The number of hydrogen-bond donors (Lipinski definition) is 1. The molecule has 9 nitrogen and oxygen atoms in total. The van der Waals surface area contributed by atoms with E-state index in [1.807, 2.05) is 45.0 Å². The van der Waals surface area contributed by atoms with Crippen molar-refractivity contribution in [1.29, 1.82) is 0 Å². The van der Waals surface area contributed by atoms with Gasteiger partial charge in [0.15, 0.2) is 0 Å². The lowest BCUT2D eigenvalue weighted by atomic mass is 10.3. The van der Waals surface area contributed by atoms with Crippen molar-refractivity contribution in [2.45, 2.75) is 58.9 Å². The number of hydrogen-bond acceptors (Lipinski definition) is 6. The second-order valence-electron chi connectivity index (χ2n) is 7.66. The Morgan fingerprint density at radius 1 is 1.03 bits per heavy atom. The van der Waals surface area contributed by atoms with Gasteiger partial charge >= 0.3 is 0 Å². The number of carbonyl (C=O) groups excluding carboxylic acids is 1. The van der Waals surface area contributed by atoms with Gasteiger partial charge in [-0.25, -0.2) is 8.42 Å². The van der Waals surface area contributed by atoms with E-state index in [9.17, 15) is 13.2 Å². The quantitative estimate of drug-likeness (QED) is 0.417. The van der Waals surface area contributed by atoms with Crippen molar-refractivity contribution in [3.63, 3.8) is 0 Å². The molecule has 0 saturated carbocycles. The molecule has 0 saturated heterocycles. The summed E-state index contributed by atoms with van der Waals surface area (Å²) in [6.45, 7) is 11.2. The molecule has 0 unspecified atom stereocenters. The molecule has 1 N–H and O–H groups in total. The van der Waals surface area contributed by atoms with Crippen LogP contribution in [0.2, 0.25) is 0 Å². The van der Waals surface area contributed by atoms with Crippen LogP contribution < -0.4 is 14.8 Å². The van der Waals surface area contributed by atoms with Crippen molar-refractivity contribution in [3.8, 4) is 11.5 Å². The zero-order valence-corrected chi connectivity index (χ0v) is 21.1. The molecule has 0 aliphatic carbocycles. The summed E-state index contributed by atoms with van der Waals surface area (Å²) in [7, 11) is -3.67. The molecule has 1 amide bonds. The van der Waals surface area contributed by atoms with Crippen molar-refractivity contribution in [2.75, 3.05) is 32.8 Å². The van der Waals surface area contributed by atoms with Gasteiger partial charge in [-0.2, -0.15) is 9.40 Å². The van der Waals surface area contributed by atoms with Crippen molar-refractivity contribution >= 4 is 15.9 Å². The molecule has 2 aromatic rings. The molecule has 0 radical (unpaired) electrons.